The number of nitrogens with one attached hydrogen (secondary N) is 1. The van der Waals surface area contributed by atoms with Gasteiger partial charge < -0.3 is 20.5 Å². The van der Waals surface area contributed by atoms with Crippen LogP contribution in [-0.4, -0.2) is 57.9 Å². The first kappa shape index (κ1) is 16.6. The molecule has 1 aliphatic heterocycles. The van der Waals surface area contributed by atoms with Crippen LogP contribution in [0.5, 0.6) is 0 Å². The van der Waals surface area contributed by atoms with Gasteiger partial charge in [0.1, 0.15) is 11.9 Å². The van der Waals surface area contributed by atoms with Gasteiger partial charge in [0.05, 0.1) is 11.0 Å². The predicted molar refractivity (Wildman–Crippen MR) is 91.8 cm³/mol. The number of H-pyrrole nitrogens is 1. The lowest BCUT2D eigenvalue weighted by atomic mass is 10.2. The molecule has 2 heterocycles. The zero-order valence-corrected chi connectivity index (χ0v) is 14.2. The minimum Gasteiger partial charge on any atom is -0.351 e. The molecule has 1 fully saturated rings. The highest BCUT2D eigenvalue weighted by molar-refractivity contribution is 6.31. The third kappa shape index (κ3) is 3.31. The number of urea groups is 1. The number of aromatic amines is 1. The summed E-state index contributed by atoms with van der Waals surface area (Å²) in [6.07, 6.45) is 2.06. The molecule has 0 saturated carbocycles. The van der Waals surface area contributed by atoms with Gasteiger partial charge in [0.15, 0.2) is 0 Å². The van der Waals surface area contributed by atoms with Crippen LogP contribution in [0.25, 0.3) is 11.0 Å². The average Bonchev–Trinajstić information content (AvgIpc) is 3.17. The summed E-state index contributed by atoms with van der Waals surface area (Å²) in [5, 5.41) is 0.651. The molecule has 3 rings (SSSR count). The van der Waals surface area contributed by atoms with E-state index in [-0.39, 0.29) is 5.91 Å². The number of fused-ring (bicyclic) bond motifs is 1. The number of amides is 3. The van der Waals surface area contributed by atoms with Crippen molar-refractivity contribution >= 4 is 34.6 Å². The molecule has 3 N–H and O–H groups in total. The number of likely N-dealkylation sites (N-methyl/N-ethyl adjacent to an activating group) is 1. The Bertz CT molecular complexity index is 775. The number of hydrogen-bond donors (Lipinski definition) is 2. The predicted octanol–water partition coefficient (Wildman–Crippen LogP) is 1.76. The number of carbonyl (C=O) groups is 2. The summed E-state index contributed by atoms with van der Waals surface area (Å²) < 4.78 is 0. The lowest BCUT2D eigenvalue weighted by molar-refractivity contribution is -0.133. The first-order valence-corrected chi connectivity index (χ1v) is 8.28. The summed E-state index contributed by atoms with van der Waals surface area (Å²) in [6.45, 7) is 1.05. The second-order valence-corrected chi connectivity index (χ2v) is 6.48. The van der Waals surface area contributed by atoms with E-state index >= 15 is 0 Å². The minimum absolute atomic E-state index is 0.0783. The molecule has 8 heteroatoms. The number of hydrogen-bond acceptors (Lipinski definition) is 3. The molecule has 1 aromatic heterocycles. The van der Waals surface area contributed by atoms with Crippen molar-refractivity contribution < 1.29 is 9.59 Å². The molecular weight excluding hydrogens is 330 g/mol. The summed E-state index contributed by atoms with van der Waals surface area (Å²) in [6, 6.07) is 4.50. The van der Waals surface area contributed by atoms with Crippen molar-refractivity contribution in [1.82, 2.24) is 19.8 Å². The molecule has 0 bridgehead atoms. The van der Waals surface area contributed by atoms with Gasteiger partial charge in [-0.3, -0.25) is 4.79 Å². The van der Waals surface area contributed by atoms with E-state index in [1.807, 2.05) is 12.1 Å². The molecule has 2 aromatic rings. The number of aromatic nitrogens is 2. The third-order valence-electron chi connectivity index (χ3n) is 4.37. The molecule has 1 aromatic carbocycles. The quantitative estimate of drug-likeness (QED) is 0.880. The fourth-order valence-corrected chi connectivity index (χ4v) is 3.25. The Morgan fingerprint density at radius 2 is 2.29 bits per heavy atom. The lowest BCUT2D eigenvalue weighted by Gasteiger charge is -2.26. The number of carbonyl (C=O) groups excluding carboxylic acids is 2. The highest BCUT2D eigenvalue weighted by atomic mass is 35.5. The standard InChI is InChI=1S/C16H20ClN5O2/c1-21(15(23)13-3-2-7-22(13)16(18)24)8-6-14-19-11-5-4-10(17)9-12(11)20-14/h4-5,9,13H,2-3,6-8H2,1H3,(H2,18,24)(H,19,20)/t13-/m0/s1. The van der Waals surface area contributed by atoms with Crippen LogP contribution in [0.2, 0.25) is 5.02 Å². The Labute approximate surface area is 144 Å². The van der Waals surface area contributed by atoms with E-state index in [0.29, 0.717) is 31.0 Å². The summed E-state index contributed by atoms with van der Waals surface area (Å²) in [7, 11) is 1.74. The van der Waals surface area contributed by atoms with E-state index in [4.69, 9.17) is 17.3 Å². The third-order valence-corrected chi connectivity index (χ3v) is 4.61. The number of nitrogens with zero attached hydrogens (tertiary/aromatic N) is 3. The molecule has 24 heavy (non-hydrogen) atoms. The van der Waals surface area contributed by atoms with Crippen LogP contribution in [-0.2, 0) is 11.2 Å². The van der Waals surface area contributed by atoms with Crippen LogP contribution in [0.3, 0.4) is 0 Å². The summed E-state index contributed by atoms with van der Waals surface area (Å²) in [5.41, 5.74) is 7.06. The van der Waals surface area contributed by atoms with Crippen molar-refractivity contribution in [1.29, 1.82) is 0 Å². The Balaban J connectivity index is 1.62. The van der Waals surface area contributed by atoms with Crippen LogP contribution >= 0.6 is 11.6 Å². The van der Waals surface area contributed by atoms with Crippen LogP contribution in [0.4, 0.5) is 4.79 Å². The topological polar surface area (TPSA) is 95.3 Å². The smallest absolute Gasteiger partial charge is 0.315 e. The van der Waals surface area contributed by atoms with Crippen LogP contribution < -0.4 is 5.73 Å². The molecule has 128 valence electrons. The van der Waals surface area contributed by atoms with E-state index in [1.165, 1.54) is 4.90 Å². The molecule has 0 radical (unpaired) electrons. The molecule has 3 amide bonds. The average molecular weight is 350 g/mol. The minimum atomic E-state index is -0.534. The second kappa shape index (κ2) is 6.68. The van der Waals surface area contributed by atoms with Crippen molar-refractivity contribution in [3.63, 3.8) is 0 Å². The summed E-state index contributed by atoms with van der Waals surface area (Å²) in [4.78, 5) is 34.7. The Morgan fingerprint density at radius 1 is 1.50 bits per heavy atom. The molecule has 1 aliphatic rings. The van der Waals surface area contributed by atoms with Crippen molar-refractivity contribution in [2.75, 3.05) is 20.1 Å². The highest BCUT2D eigenvalue weighted by Gasteiger charge is 2.34. The number of rotatable bonds is 4. The lowest BCUT2D eigenvalue weighted by Crippen LogP contribution is -2.48. The van der Waals surface area contributed by atoms with E-state index in [1.54, 1.807) is 18.0 Å². The van der Waals surface area contributed by atoms with E-state index < -0.39 is 12.1 Å². The van der Waals surface area contributed by atoms with Gasteiger partial charge in [-0.2, -0.15) is 0 Å². The Morgan fingerprint density at radius 3 is 3.04 bits per heavy atom. The SMILES string of the molecule is CN(CCc1nc2ccc(Cl)cc2[nH]1)C(=O)[C@@H]1CCCN1C(N)=O. The zero-order chi connectivity index (χ0) is 17.3. The number of primary amides is 1. The molecule has 0 aliphatic carbocycles. The van der Waals surface area contributed by atoms with Crippen molar-refractivity contribution in [2.24, 2.45) is 5.73 Å². The summed E-state index contributed by atoms with van der Waals surface area (Å²) in [5.74, 6) is 0.718. The monoisotopic (exact) mass is 349 g/mol. The van der Waals surface area contributed by atoms with Crippen molar-refractivity contribution in [2.45, 2.75) is 25.3 Å². The number of halogens is 1. The summed E-state index contributed by atoms with van der Waals surface area (Å²) >= 11 is 5.97. The van der Waals surface area contributed by atoms with Crippen molar-refractivity contribution in [3.05, 3.63) is 29.0 Å². The van der Waals surface area contributed by atoms with Gasteiger partial charge in [0, 0.05) is 31.6 Å². The number of benzene rings is 1. The number of imidazole rings is 1. The Kier molecular flexibility index (Phi) is 4.62. The highest BCUT2D eigenvalue weighted by Crippen LogP contribution is 2.19. The van der Waals surface area contributed by atoms with Gasteiger partial charge in [-0.05, 0) is 31.0 Å². The van der Waals surface area contributed by atoms with Crippen LogP contribution in [0.15, 0.2) is 18.2 Å². The molecule has 1 atom stereocenters. The fraction of sp³-hybridized carbons (Fsp3) is 0.438. The van der Waals surface area contributed by atoms with E-state index in [0.717, 1.165) is 23.3 Å². The Hall–Kier alpha value is -2.28. The second-order valence-electron chi connectivity index (χ2n) is 6.04. The number of likely N-dealkylation sites (tertiary alicyclic amines) is 1. The van der Waals surface area contributed by atoms with Gasteiger partial charge in [0.25, 0.3) is 0 Å². The van der Waals surface area contributed by atoms with E-state index in [2.05, 4.69) is 9.97 Å². The fourth-order valence-electron chi connectivity index (χ4n) is 3.08. The van der Waals surface area contributed by atoms with Gasteiger partial charge >= 0.3 is 6.03 Å². The number of nitrogens with two attached hydrogens (primary N) is 1. The van der Waals surface area contributed by atoms with E-state index in [9.17, 15) is 9.59 Å². The molecular formula is C16H20ClN5O2. The molecule has 7 nitrogen and oxygen atoms in total. The van der Waals surface area contributed by atoms with Crippen molar-refractivity contribution in [3.8, 4) is 0 Å². The first-order chi connectivity index (χ1) is 11.5. The molecule has 0 spiro atoms. The van der Waals surface area contributed by atoms with Gasteiger partial charge in [0.2, 0.25) is 5.91 Å². The largest absolute Gasteiger partial charge is 0.351 e. The molecule has 0 unspecified atom stereocenters. The van der Waals surface area contributed by atoms with Crippen LogP contribution in [0, 0.1) is 0 Å². The zero-order valence-electron chi connectivity index (χ0n) is 13.5. The maximum atomic E-state index is 12.5. The van der Waals surface area contributed by atoms with Gasteiger partial charge in [-0.15, -0.1) is 0 Å². The normalized spacial score (nSPS) is 17.4. The van der Waals surface area contributed by atoms with Gasteiger partial charge in [-0.25, -0.2) is 9.78 Å². The van der Waals surface area contributed by atoms with Crippen LogP contribution in [0.1, 0.15) is 18.7 Å². The maximum Gasteiger partial charge on any atom is 0.315 e. The molecule has 1 saturated heterocycles. The van der Waals surface area contributed by atoms with Gasteiger partial charge in [-0.1, -0.05) is 11.6 Å². The first-order valence-electron chi connectivity index (χ1n) is 7.91. The maximum absolute atomic E-state index is 12.5.